The maximum Gasteiger partial charge on any atom is 0.213 e. The van der Waals surface area contributed by atoms with E-state index in [1.165, 1.54) is 0 Å². The fourth-order valence-corrected chi connectivity index (χ4v) is 1.49. The monoisotopic (exact) mass is 177 g/mol. The summed E-state index contributed by atoms with van der Waals surface area (Å²) in [6.07, 6.45) is 1.64. The first-order chi connectivity index (χ1) is 5.12. The first kappa shape index (κ1) is 10.2. The van der Waals surface area contributed by atoms with Gasteiger partial charge in [-0.15, -0.1) is 0 Å². The first-order valence-corrected chi connectivity index (χ1v) is 4.87. The third kappa shape index (κ3) is 5.63. The summed E-state index contributed by atoms with van der Waals surface area (Å²) in [6, 6.07) is 0. The topological polar surface area (TPSA) is 82.0 Å². The molecule has 64 valence electrons. The molecule has 6 heteroatoms. The number of nitriles is 1. The summed E-state index contributed by atoms with van der Waals surface area (Å²) in [5, 5.41) is 10.3. The second-order valence-corrected chi connectivity index (χ2v) is 3.78. The van der Waals surface area contributed by atoms with Crippen LogP contribution in [0.2, 0.25) is 0 Å². The predicted molar refractivity (Wildman–Crippen MR) is 41.1 cm³/mol. The van der Waals surface area contributed by atoms with Gasteiger partial charge in [0.2, 0.25) is 10.0 Å². The summed E-state index contributed by atoms with van der Waals surface area (Å²) in [4.78, 5) is 0. The fourth-order valence-electron chi connectivity index (χ4n) is 0.533. The molecular formula is C5H11N3O2S. The van der Waals surface area contributed by atoms with E-state index in [1.54, 1.807) is 13.1 Å². The van der Waals surface area contributed by atoms with Crippen molar-refractivity contribution in [2.45, 2.75) is 6.92 Å². The molecule has 2 N–H and O–H groups in total. The molecule has 0 amide bonds. The molecule has 5 nitrogen and oxygen atoms in total. The maximum absolute atomic E-state index is 10.8. The number of nitrogens with zero attached hydrogens (tertiary/aromatic N) is 1. The molecule has 0 heterocycles. The molecule has 0 saturated heterocycles. The molecule has 0 aromatic carbocycles. The van der Waals surface area contributed by atoms with Crippen LogP contribution < -0.4 is 10.0 Å². The van der Waals surface area contributed by atoms with Crippen molar-refractivity contribution in [3.63, 3.8) is 0 Å². The third-order valence-corrected chi connectivity index (χ3v) is 2.41. The molecule has 0 aliphatic heterocycles. The fraction of sp³-hybridized carbons (Fsp3) is 0.800. The zero-order valence-electron chi connectivity index (χ0n) is 6.29. The Hall–Kier alpha value is -0.800. The molecule has 0 aromatic rings. The minimum absolute atomic E-state index is 0.0611. The van der Waals surface area contributed by atoms with Gasteiger partial charge in [0.1, 0.15) is 0 Å². The van der Waals surface area contributed by atoms with Crippen molar-refractivity contribution in [3.05, 3.63) is 0 Å². The molecule has 0 aromatic heterocycles. The Morgan fingerprint density at radius 3 is 2.64 bits per heavy atom. The lowest BCUT2D eigenvalue weighted by molar-refractivity contribution is 0.582. The van der Waals surface area contributed by atoms with Crippen LogP contribution in [0, 0.1) is 11.5 Å². The van der Waals surface area contributed by atoms with E-state index >= 15 is 0 Å². The normalized spacial score (nSPS) is 10.5. The van der Waals surface area contributed by atoms with Gasteiger partial charge in [-0.3, -0.25) is 0 Å². The molecule has 0 spiro atoms. The van der Waals surface area contributed by atoms with Crippen LogP contribution in [0.15, 0.2) is 0 Å². The Bertz CT molecular complexity index is 229. The van der Waals surface area contributed by atoms with Gasteiger partial charge in [-0.05, 0) is 0 Å². The number of hydrogen-bond acceptors (Lipinski definition) is 4. The van der Waals surface area contributed by atoms with E-state index in [0.717, 1.165) is 0 Å². The van der Waals surface area contributed by atoms with Gasteiger partial charge in [-0.1, -0.05) is 6.92 Å². The summed E-state index contributed by atoms with van der Waals surface area (Å²) < 4.78 is 24.0. The third-order valence-electron chi connectivity index (χ3n) is 0.939. The van der Waals surface area contributed by atoms with Crippen LogP contribution in [0.4, 0.5) is 0 Å². The predicted octanol–water partition coefficient (Wildman–Crippen LogP) is -1.00. The van der Waals surface area contributed by atoms with Crippen LogP contribution in [0.5, 0.6) is 0 Å². The van der Waals surface area contributed by atoms with Crippen LogP contribution >= 0.6 is 0 Å². The summed E-state index contributed by atoms with van der Waals surface area (Å²) >= 11 is 0. The van der Waals surface area contributed by atoms with E-state index in [9.17, 15) is 8.42 Å². The lowest BCUT2D eigenvalue weighted by Gasteiger charge is -2.01. The zero-order chi connectivity index (χ0) is 8.74. The average Bonchev–Trinajstić information content (AvgIpc) is 1.87. The van der Waals surface area contributed by atoms with Gasteiger partial charge in [-0.25, -0.2) is 13.1 Å². The molecule has 0 fully saturated rings. The smallest absolute Gasteiger partial charge is 0.213 e. The molecule has 0 rings (SSSR count). The van der Waals surface area contributed by atoms with E-state index < -0.39 is 10.0 Å². The van der Waals surface area contributed by atoms with E-state index in [2.05, 4.69) is 10.0 Å². The Labute approximate surface area is 66.5 Å². The lowest BCUT2D eigenvalue weighted by atomic mass is 10.8. The van der Waals surface area contributed by atoms with Crippen LogP contribution in [0.25, 0.3) is 0 Å². The molecule has 0 aliphatic carbocycles. The number of nitrogens with one attached hydrogen (secondary N) is 2. The van der Waals surface area contributed by atoms with E-state index in [0.29, 0.717) is 6.54 Å². The SMILES string of the molecule is CCNS(=O)(=O)CCNC#N. The zero-order valence-corrected chi connectivity index (χ0v) is 7.11. The van der Waals surface area contributed by atoms with Gasteiger partial charge >= 0.3 is 0 Å². The molecule has 0 bridgehead atoms. The summed E-state index contributed by atoms with van der Waals surface area (Å²) in [5.41, 5.74) is 0. The van der Waals surface area contributed by atoms with Crippen molar-refractivity contribution in [3.8, 4) is 6.19 Å². The van der Waals surface area contributed by atoms with Crippen LogP contribution in [0.3, 0.4) is 0 Å². The van der Waals surface area contributed by atoms with Crippen molar-refractivity contribution in [2.24, 2.45) is 0 Å². The molecule has 0 unspecified atom stereocenters. The van der Waals surface area contributed by atoms with Crippen molar-refractivity contribution in [1.29, 1.82) is 5.26 Å². The molecular weight excluding hydrogens is 166 g/mol. The maximum atomic E-state index is 10.8. The molecule has 0 saturated carbocycles. The molecule has 0 atom stereocenters. The van der Waals surface area contributed by atoms with Crippen LogP contribution in [-0.4, -0.2) is 27.3 Å². The minimum atomic E-state index is -3.17. The average molecular weight is 177 g/mol. The van der Waals surface area contributed by atoms with Crippen molar-refractivity contribution < 1.29 is 8.42 Å². The second-order valence-electron chi connectivity index (χ2n) is 1.86. The highest BCUT2D eigenvalue weighted by Crippen LogP contribution is 1.80. The van der Waals surface area contributed by atoms with Crippen molar-refractivity contribution in [1.82, 2.24) is 10.0 Å². The highest BCUT2D eigenvalue weighted by Gasteiger charge is 2.06. The number of sulfonamides is 1. The van der Waals surface area contributed by atoms with Crippen LogP contribution in [-0.2, 0) is 10.0 Å². The Morgan fingerprint density at radius 1 is 1.55 bits per heavy atom. The minimum Gasteiger partial charge on any atom is -0.323 e. The van der Waals surface area contributed by atoms with Crippen molar-refractivity contribution >= 4 is 10.0 Å². The van der Waals surface area contributed by atoms with Gasteiger partial charge in [0.15, 0.2) is 6.19 Å². The standard InChI is InChI=1S/C5H11N3O2S/c1-2-8-11(9,10)4-3-7-5-6/h7-8H,2-4H2,1H3. The Balaban J connectivity index is 3.67. The van der Waals surface area contributed by atoms with Gasteiger partial charge < -0.3 is 5.32 Å². The Morgan fingerprint density at radius 2 is 2.18 bits per heavy atom. The summed E-state index contributed by atoms with van der Waals surface area (Å²) in [5.74, 6) is -0.0611. The first-order valence-electron chi connectivity index (χ1n) is 3.21. The van der Waals surface area contributed by atoms with Gasteiger partial charge in [0.25, 0.3) is 0 Å². The van der Waals surface area contributed by atoms with Gasteiger partial charge in [0.05, 0.1) is 5.75 Å². The molecule has 11 heavy (non-hydrogen) atoms. The van der Waals surface area contributed by atoms with Crippen LogP contribution in [0.1, 0.15) is 6.92 Å². The van der Waals surface area contributed by atoms with E-state index in [1.807, 2.05) is 0 Å². The number of rotatable bonds is 5. The number of hydrogen-bond donors (Lipinski definition) is 2. The quantitative estimate of drug-likeness (QED) is 0.320. The molecule has 0 radical (unpaired) electrons. The Kier molecular flexibility index (Phi) is 4.57. The van der Waals surface area contributed by atoms with E-state index in [4.69, 9.17) is 5.26 Å². The summed E-state index contributed by atoms with van der Waals surface area (Å²) in [6.45, 7) is 2.25. The van der Waals surface area contributed by atoms with E-state index in [-0.39, 0.29) is 12.3 Å². The largest absolute Gasteiger partial charge is 0.323 e. The molecule has 0 aliphatic rings. The summed E-state index contributed by atoms with van der Waals surface area (Å²) in [7, 11) is -3.17. The lowest BCUT2D eigenvalue weighted by Crippen LogP contribution is -2.30. The second kappa shape index (κ2) is 4.93. The van der Waals surface area contributed by atoms with Gasteiger partial charge in [-0.2, -0.15) is 5.26 Å². The van der Waals surface area contributed by atoms with Gasteiger partial charge in [0, 0.05) is 13.1 Å². The highest BCUT2D eigenvalue weighted by atomic mass is 32.2. The van der Waals surface area contributed by atoms with Crippen molar-refractivity contribution in [2.75, 3.05) is 18.8 Å². The highest BCUT2D eigenvalue weighted by molar-refractivity contribution is 7.89.